The second-order valence-electron chi connectivity index (χ2n) is 7.51. The van der Waals surface area contributed by atoms with Gasteiger partial charge in [0.05, 0.1) is 5.69 Å². The van der Waals surface area contributed by atoms with E-state index in [0.717, 1.165) is 40.9 Å². The molecule has 0 atom stereocenters. The van der Waals surface area contributed by atoms with Crippen molar-refractivity contribution >= 4 is 11.3 Å². The SMILES string of the molecule is CN(C)CCN1CCC(NCc2csc(-c3ccc4c(c3)OCO4)n2)CC1. The van der Waals surface area contributed by atoms with Gasteiger partial charge in [-0.25, -0.2) is 4.98 Å². The number of hydrogen-bond acceptors (Lipinski definition) is 7. The van der Waals surface area contributed by atoms with Gasteiger partial charge < -0.3 is 24.6 Å². The van der Waals surface area contributed by atoms with Gasteiger partial charge in [-0.2, -0.15) is 0 Å². The highest BCUT2D eigenvalue weighted by molar-refractivity contribution is 7.13. The lowest BCUT2D eigenvalue weighted by Crippen LogP contribution is -2.44. The molecule has 0 spiro atoms. The Labute approximate surface area is 165 Å². The average molecular weight is 389 g/mol. The van der Waals surface area contributed by atoms with Crippen LogP contribution in [0.2, 0.25) is 0 Å². The molecular weight excluding hydrogens is 360 g/mol. The number of nitrogens with zero attached hydrogens (tertiary/aromatic N) is 3. The lowest BCUT2D eigenvalue weighted by molar-refractivity contribution is 0.174. The zero-order chi connectivity index (χ0) is 18.6. The van der Waals surface area contributed by atoms with E-state index in [1.807, 2.05) is 18.2 Å². The highest BCUT2D eigenvalue weighted by Gasteiger charge is 2.19. The number of nitrogens with one attached hydrogen (secondary N) is 1. The van der Waals surface area contributed by atoms with Crippen LogP contribution < -0.4 is 14.8 Å². The monoisotopic (exact) mass is 388 g/mol. The molecule has 7 heteroatoms. The van der Waals surface area contributed by atoms with Crippen molar-refractivity contribution in [1.82, 2.24) is 20.1 Å². The van der Waals surface area contributed by atoms with Gasteiger partial charge >= 0.3 is 0 Å². The molecule has 0 aliphatic carbocycles. The normalized spacial score (nSPS) is 17.7. The van der Waals surface area contributed by atoms with Crippen molar-refractivity contribution in [2.24, 2.45) is 0 Å². The summed E-state index contributed by atoms with van der Waals surface area (Å²) >= 11 is 1.68. The topological polar surface area (TPSA) is 49.9 Å². The summed E-state index contributed by atoms with van der Waals surface area (Å²) in [5, 5.41) is 6.88. The molecule has 4 rings (SSSR count). The van der Waals surface area contributed by atoms with Gasteiger partial charge in [-0.15, -0.1) is 11.3 Å². The van der Waals surface area contributed by atoms with Gasteiger partial charge in [-0.1, -0.05) is 0 Å². The number of likely N-dealkylation sites (N-methyl/N-ethyl adjacent to an activating group) is 1. The number of hydrogen-bond donors (Lipinski definition) is 1. The summed E-state index contributed by atoms with van der Waals surface area (Å²) < 4.78 is 10.8. The minimum absolute atomic E-state index is 0.305. The van der Waals surface area contributed by atoms with Gasteiger partial charge in [-0.3, -0.25) is 0 Å². The fraction of sp³-hybridized carbons (Fsp3) is 0.550. The van der Waals surface area contributed by atoms with Crippen LogP contribution in [0, 0.1) is 0 Å². The van der Waals surface area contributed by atoms with Crippen LogP contribution in [0.5, 0.6) is 11.5 Å². The molecule has 27 heavy (non-hydrogen) atoms. The van der Waals surface area contributed by atoms with E-state index in [2.05, 4.69) is 34.6 Å². The van der Waals surface area contributed by atoms with Gasteiger partial charge in [0, 0.05) is 36.6 Å². The highest BCUT2D eigenvalue weighted by Crippen LogP contribution is 2.36. The molecule has 1 fully saturated rings. The summed E-state index contributed by atoms with van der Waals surface area (Å²) in [6.45, 7) is 5.82. The van der Waals surface area contributed by atoms with Crippen LogP contribution in [0.1, 0.15) is 18.5 Å². The number of rotatable bonds is 7. The third-order valence-electron chi connectivity index (χ3n) is 5.19. The fourth-order valence-electron chi connectivity index (χ4n) is 3.50. The lowest BCUT2D eigenvalue weighted by Gasteiger charge is -2.33. The Kier molecular flexibility index (Phi) is 5.92. The minimum Gasteiger partial charge on any atom is -0.454 e. The van der Waals surface area contributed by atoms with Crippen molar-refractivity contribution in [2.45, 2.75) is 25.4 Å². The predicted octanol–water partition coefficient (Wildman–Crippen LogP) is 2.65. The van der Waals surface area contributed by atoms with Crippen LogP contribution in [0.4, 0.5) is 0 Å². The highest BCUT2D eigenvalue weighted by atomic mass is 32.1. The molecule has 1 N–H and O–H groups in total. The second-order valence-corrected chi connectivity index (χ2v) is 8.37. The molecule has 0 unspecified atom stereocenters. The number of aromatic nitrogens is 1. The Morgan fingerprint density at radius 2 is 2.04 bits per heavy atom. The smallest absolute Gasteiger partial charge is 0.231 e. The molecule has 0 bridgehead atoms. The van der Waals surface area contributed by atoms with E-state index < -0.39 is 0 Å². The zero-order valence-electron chi connectivity index (χ0n) is 16.1. The van der Waals surface area contributed by atoms with Gasteiger partial charge in [-0.05, 0) is 58.2 Å². The third kappa shape index (κ3) is 4.79. The number of piperidine rings is 1. The second kappa shape index (κ2) is 8.56. The van der Waals surface area contributed by atoms with Crippen LogP contribution in [-0.4, -0.2) is 67.9 Å². The molecular formula is C20H28N4O2S. The largest absolute Gasteiger partial charge is 0.454 e. The lowest BCUT2D eigenvalue weighted by atomic mass is 10.1. The van der Waals surface area contributed by atoms with Crippen molar-refractivity contribution in [3.63, 3.8) is 0 Å². The first kappa shape index (κ1) is 18.7. The van der Waals surface area contributed by atoms with Crippen LogP contribution in [0.15, 0.2) is 23.6 Å². The van der Waals surface area contributed by atoms with E-state index in [4.69, 9.17) is 14.5 Å². The van der Waals surface area contributed by atoms with E-state index in [-0.39, 0.29) is 0 Å². The maximum Gasteiger partial charge on any atom is 0.231 e. The standard InChI is InChI=1S/C20H28N4O2S/c1-23(2)9-10-24-7-5-16(6-8-24)21-12-17-13-27-20(22-17)15-3-4-18-19(11-15)26-14-25-18/h3-4,11,13,16,21H,5-10,12,14H2,1-2H3. The number of thiazole rings is 1. The first-order chi connectivity index (χ1) is 13.2. The maximum atomic E-state index is 5.47. The van der Waals surface area contributed by atoms with Crippen molar-refractivity contribution in [2.75, 3.05) is 47.1 Å². The Hall–Kier alpha value is -1.67. The van der Waals surface area contributed by atoms with Gasteiger partial charge in [0.15, 0.2) is 11.5 Å². The molecule has 0 saturated carbocycles. The Morgan fingerprint density at radius 1 is 1.22 bits per heavy atom. The molecule has 2 aliphatic rings. The molecule has 0 amide bonds. The average Bonchev–Trinajstić information content (AvgIpc) is 3.34. The Morgan fingerprint density at radius 3 is 2.85 bits per heavy atom. The first-order valence-electron chi connectivity index (χ1n) is 9.62. The zero-order valence-corrected chi connectivity index (χ0v) is 16.9. The van der Waals surface area contributed by atoms with Crippen LogP contribution in [-0.2, 0) is 6.54 Å². The maximum absolute atomic E-state index is 5.47. The molecule has 6 nitrogen and oxygen atoms in total. The van der Waals surface area contributed by atoms with E-state index in [9.17, 15) is 0 Å². The summed E-state index contributed by atoms with van der Waals surface area (Å²) in [6.07, 6.45) is 2.43. The van der Waals surface area contributed by atoms with Crippen LogP contribution in [0.3, 0.4) is 0 Å². The summed E-state index contributed by atoms with van der Waals surface area (Å²) in [7, 11) is 4.28. The molecule has 146 valence electrons. The van der Waals surface area contributed by atoms with Gasteiger partial charge in [0.2, 0.25) is 6.79 Å². The third-order valence-corrected chi connectivity index (χ3v) is 6.13. The summed E-state index contributed by atoms with van der Waals surface area (Å²) in [6, 6.07) is 6.62. The molecule has 2 aromatic rings. The Bertz CT molecular complexity index is 756. The number of likely N-dealkylation sites (tertiary alicyclic amines) is 1. The fourth-order valence-corrected chi connectivity index (χ4v) is 4.32. The molecule has 3 heterocycles. The minimum atomic E-state index is 0.305. The van der Waals surface area contributed by atoms with E-state index >= 15 is 0 Å². The van der Waals surface area contributed by atoms with Crippen LogP contribution >= 0.6 is 11.3 Å². The van der Waals surface area contributed by atoms with Gasteiger partial charge in [0.25, 0.3) is 0 Å². The van der Waals surface area contributed by atoms with Crippen molar-refractivity contribution < 1.29 is 9.47 Å². The van der Waals surface area contributed by atoms with Crippen molar-refractivity contribution in [3.8, 4) is 22.1 Å². The van der Waals surface area contributed by atoms with E-state index in [1.54, 1.807) is 11.3 Å². The number of ether oxygens (including phenoxy) is 2. The number of benzene rings is 1. The summed E-state index contributed by atoms with van der Waals surface area (Å²) in [5.74, 6) is 1.62. The predicted molar refractivity (Wildman–Crippen MR) is 109 cm³/mol. The van der Waals surface area contributed by atoms with Gasteiger partial charge in [0.1, 0.15) is 5.01 Å². The molecule has 2 aliphatic heterocycles. The van der Waals surface area contributed by atoms with E-state index in [1.165, 1.54) is 32.5 Å². The number of fused-ring (bicyclic) bond motifs is 1. The summed E-state index contributed by atoms with van der Waals surface area (Å²) in [5.41, 5.74) is 2.20. The molecule has 1 saturated heterocycles. The van der Waals surface area contributed by atoms with E-state index in [0.29, 0.717) is 12.8 Å². The first-order valence-corrected chi connectivity index (χ1v) is 10.5. The molecule has 1 aromatic carbocycles. The van der Waals surface area contributed by atoms with Crippen molar-refractivity contribution in [3.05, 3.63) is 29.3 Å². The summed E-state index contributed by atoms with van der Waals surface area (Å²) in [4.78, 5) is 9.62. The Balaban J connectivity index is 1.26. The molecule has 0 radical (unpaired) electrons. The van der Waals surface area contributed by atoms with Crippen molar-refractivity contribution in [1.29, 1.82) is 0 Å². The van der Waals surface area contributed by atoms with Crippen LogP contribution in [0.25, 0.3) is 10.6 Å². The molecule has 1 aromatic heterocycles. The quantitative estimate of drug-likeness (QED) is 0.787.